The number of hydrogen-bond donors (Lipinski definition) is 1. The van der Waals surface area contributed by atoms with E-state index in [9.17, 15) is 20.0 Å². The molecule has 0 bridgehead atoms. The molecule has 0 unspecified atom stereocenters. The lowest BCUT2D eigenvalue weighted by Crippen LogP contribution is -2.31. The highest BCUT2D eigenvalue weighted by molar-refractivity contribution is 7.16. The topological polar surface area (TPSA) is 130 Å². The fourth-order valence-electron chi connectivity index (χ4n) is 6.38. The van der Waals surface area contributed by atoms with Crippen LogP contribution in [-0.2, 0) is 35.6 Å². The van der Waals surface area contributed by atoms with E-state index in [0.29, 0.717) is 64.3 Å². The van der Waals surface area contributed by atoms with Crippen LogP contribution in [0.1, 0.15) is 48.0 Å². The van der Waals surface area contributed by atoms with E-state index >= 15 is 0 Å². The number of thiazole rings is 2. The van der Waals surface area contributed by atoms with Crippen LogP contribution in [-0.4, -0.2) is 54.9 Å². The van der Waals surface area contributed by atoms with Gasteiger partial charge in [-0.1, -0.05) is 61.3 Å². The zero-order valence-corrected chi connectivity index (χ0v) is 33.9. The van der Waals surface area contributed by atoms with Crippen LogP contribution < -0.4 is 9.70 Å². The minimum atomic E-state index is -1.26. The second-order valence-electron chi connectivity index (χ2n) is 14.3. The summed E-state index contributed by atoms with van der Waals surface area (Å²) in [6, 6.07) is 22.3. The number of carbonyl (C=O) groups is 2. The van der Waals surface area contributed by atoms with Gasteiger partial charge in [0.05, 0.1) is 22.9 Å². The van der Waals surface area contributed by atoms with Gasteiger partial charge in [-0.15, -0.1) is 11.3 Å². The smallest absolute Gasteiger partial charge is 0.357 e. The van der Waals surface area contributed by atoms with Crippen molar-refractivity contribution in [2.75, 3.05) is 25.2 Å². The molecule has 0 spiro atoms. The average molecular weight is 794 g/mol. The fourth-order valence-corrected chi connectivity index (χ4v) is 10.0. The highest BCUT2D eigenvalue weighted by atomic mass is 32.1. The highest BCUT2D eigenvalue weighted by Gasteiger charge is 2.28. The number of fused-ring (bicyclic) bond motifs is 2. The van der Waals surface area contributed by atoms with Crippen molar-refractivity contribution < 1.29 is 24.2 Å². The zero-order chi connectivity index (χ0) is 38.0. The summed E-state index contributed by atoms with van der Waals surface area (Å²) >= 11 is 4.27. The van der Waals surface area contributed by atoms with Crippen LogP contribution in [0.2, 0.25) is 25.7 Å². The van der Waals surface area contributed by atoms with Crippen LogP contribution in [0.3, 0.4) is 0 Å². The molecule has 54 heavy (non-hydrogen) atoms. The lowest BCUT2D eigenvalue weighted by Gasteiger charge is -2.29. The van der Waals surface area contributed by atoms with Crippen LogP contribution in [0.4, 0.5) is 5.13 Å². The van der Waals surface area contributed by atoms with E-state index in [0.717, 1.165) is 38.5 Å². The summed E-state index contributed by atoms with van der Waals surface area (Å²) in [5.41, 5.74) is 6.39. The van der Waals surface area contributed by atoms with Gasteiger partial charge in [0.1, 0.15) is 18.5 Å². The Labute approximate surface area is 326 Å². The maximum absolute atomic E-state index is 14.1. The number of thiophene rings is 1. The predicted molar refractivity (Wildman–Crippen MR) is 217 cm³/mol. The minimum absolute atomic E-state index is 0.0788. The van der Waals surface area contributed by atoms with Gasteiger partial charge in [0.15, 0.2) is 15.6 Å². The van der Waals surface area contributed by atoms with E-state index in [4.69, 9.17) is 14.5 Å². The summed E-state index contributed by atoms with van der Waals surface area (Å²) in [5, 5.41) is 24.7. The molecule has 6 aromatic rings. The standard InChI is InChI=1S/C40H39N5O5S3Si/c1-49-38(48)36-35(19-27-18-26(12-13-33(27)46)31-23-51-22-28(31)20-41)53-39(42-36)44-15-14-25-8-7-9-29(30(25)21-44)37(47)43-40-45(24-50-16-17-54(2,3)4)32-10-5-6-11-34(32)52-40/h5-13,18,22-23,46H,14-17,19,21,24H2,1-4H3/b43-40+. The summed E-state index contributed by atoms with van der Waals surface area (Å²) in [4.78, 5) is 39.8. The molecule has 4 heterocycles. The van der Waals surface area contributed by atoms with Gasteiger partial charge >= 0.3 is 5.97 Å². The molecule has 10 nitrogen and oxygen atoms in total. The monoisotopic (exact) mass is 793 g/mol. The Balaban J connectivity index is 1.18. The number of carbonyl (C=O) groups excluding carboxylic acids is 2. The van der Waals surface area contributed by atoms with Crippen molar-refractivity contribution in [1.82, 2.24) is 9.55 Å². The summed E-state index contributed by atoms with van der Waals surface area (Å²) < 4.78 is 14.2. The second kappa shape index (κ2) is 15.8. The van der Waals surface area contributed by atoms with E-state index in [-0.39, 0.29) is 23.8 Å². The molecule has 0 aliphatic carbocycles. The first kappa shape index (κ1) is 37.4. The molecule has 3 aromatic carbocycles. The van der Waals surface area contributed by atoms with Crippen molar-refractivity contribution in [3.63, 3.8) is 0 Å². The Bertz CT molecular complexity index is 2490. The Kier molecular flexibility index (Phi) is 11.0. The minimum Gasteiger partial charge on any atom is -0.508 e. The summed E-state index contributed by atoms with van der Waals surface area (Å²) in [6.07, 6.45) is 0.912. The fraction of sp³-hybridized carbons (Fsp3) is 0.275. The molecule has 0 radical (unpaired) electrons. The second-order valence-corrected chi connectivity index (χ2v) is 22.7. The van der Waals surface area contributed by atoms with Crippen LogP contribution in [0, 0.1) is 11.3 Å². The molecule has 0 atom stereocenters. The molecule has 7 rings (SSSR count). The van der Waals surface area contributed by atoms with Gasteiger partial charge < -0.3 is 19.5 Å². The number of nitriles is 1. The number of hydrogen-bond acceptors (Lipinski definition) is 11. The molecule has 0 saturated heterocycles. The quantitative estimate of drug-likeness (QED) is 0.0786. The third-order valence-electron chi connectivity index (χ3n) is 9.36. The maximum Gasteiger partial charge on any atom is 0.357 e. The first-order valence-electron chi connectivity index (χ1n) is 17.5. The number of phenolic OH excluding ortho intramolecular Hbond substituents is 1. The van der Waals surface area contributed by atoms with Crippen molar-refractivity contribution >= 4 is 69.3 Å². The third-order valence-corrected chi connectivity index (χ3v) is 14.0. The molecule has 1 N–H and O–H groups in total. The Morgan fingerprint density at radius 2 is 1.91 bits per heavy atom. The largest absolute Gasteiger partial charge is 0.508 e. The number of anilines is 1. The van der Waals surface area contributed by atoms with Gasteiger partial charge in [-0.05, 0) is 70.4 Å². The molecule has 276 valence electrons. The first-order valence-corrected chi connectivity index (χ1v) is 23.8. The highest BCUT2D eigenvalue weighted by Crippen LogP contribution is 2.36. The van der Waals surface area contributed by atoms with E-state index < -0.39 is 14.0 Å². The summed E-state index contributed by atoms with van der Waals surface area (Å²) in [7, 11) is 0.0567. The number of rotatable bonds is 11. The number of esters is 1. The number of amides is 1. The average Bonchev–Trinajstić information content (AvgIpc) is 3.90. The van der Waals surface area contributed by atoms with Gasteiger partial charge in [-0.3, -0.25) is 9.36 Å². The summed E-state index contributed by atoms with van der Waals surface area (Å²) in [5.74, 6) is -0.817. The van der Waals surface area contributed by atoms with E-state index in [1.54, 1.807) is 17.5 Å². The maximum atomic E-state index is 14.1. The summed E-state index contributed by atoms with van der Waals surface area (Å²) in [6.45, 7) is 8.97. The number of nitrogens with zero attached hydrogens (tertiary/aromatic N) is 5. The number of methoxy groups -OCH3 is 1. The zero-order valence-electron chi connectivity index (χ0n) is 30.4. The van der Waals surface area contributed by atoms with Crippen LogP contribution >= 0.6 is 34.0 Å². The number of ether oxygens (including phenoxy) is 2. The molecule has 3 aromatic heterocycles. The molecule has 0 fully saturated rings. The molecule has 1 aliphatic rings. The van der Waals surface area contributed by atoms with E-state index in [2.05, 4.69) is 35.6 Å². The van der Waals surface area contributed by atoms with Crippen molar-refractivity contribution in [2.24, 2.45) is 4.99 Å². The normalized spacial score (nSPS) is 13.2. The predicted octanol–water partition coefficient (Wildman–Crippen LogP) is 8.46. The van der Waals surface area contributed by atoms with Gasteiger partial charge in [0.2, 0.25) is 0 Å². The molecule has 1 aliphatic heterocycles. The van der Waals surface area contributed by atoms with Crippen molar-refractivity contribution in [2.45, 2.75) is 51.8 Å². The molecule has 0 saturated carbocycles. The molecular formula is C40H39N5O5S3Si. The third kappa shape index (κ3) is 7.96. The molecule has 1 amide bonds. The van der Waals surface area contributed by atoms with Gasteiger partial charge in [0.25, 0.3) is 5.91 Å². The lowest BCUT2D eigenvalue weighted by atomic mass is 9.95. The van der Waals surface area contributed by atoms with E-state index in [1.807, 2.05) is 58.5 Å². The van der Waals surface area contributed by atoms with Crippen LogP contribution in [0.25, 0.3) is 21.3 Å². The Hall–Kier alpha value is -4.91. The molecular weight excluding hydrogens is 755 g/mol. The molecule has 14 heteroatoms. The van der Waals surface area contributed by atoms with Crippen molar-refractivity contribution in [3.05, 3.63) is 115 Å². The number of aromatic nitrogens is 2. The number of para-hydroxylation sites is 1. The van der Waals surface area contributed by atoms with Gasteiger partial charge in [-0.2, -0.15) is 21.6 Å². The Morgan fingerprint density at radius 3 is 2.70 bits per heavy atom. The van der Waals surface area contributed by atoms with Crippen LogP contribution in [0.5, 0.6) is 5.75 Å². The number of aromatic hydroxyl groups is 1. The van der Waals surface area contributed by atoms with Gasteiger partial charge in [-0.25, -0.2) is 9.78 Å². The van der Waals surface area contributed by atoms with Crippen molar-refractivity contribution in [3.8, 4) is 22.9 Å². The number of benzene rings is 3. The Morgan fingerprint density at radius 1 is 1.07 bits per heavy atom. The van der Waals surface area contributed by atoms with Crippen molar-refractivity contribution in [1.29, 1.82) is 5.26 Å². The number of phenols is 1. The van der Waals surface area contributed by atoms with Gasteiger partial charge in [0, 0.05) is 55.6 Å². The SMILES string of the molecule is COC(=O)c1nc(N2CCc3cccc(C(=O)/N=c4/sc5ccccc5n4COCC[Si](C)(C)C)c3C2)sc1Cc1cc(-c2cscc2C#N)ccc1O. The first-order chi connectivity index (χ1) is 26.0. The van der Waals surface area contributed by atoms with Crippen LogP contribution in [0.15, 0.2) is 76.4 Å². The lowest BCUT2D eigenvalue weighted by molar-refractivity contribution is 0.0593. The van der Waals surface area contributed by atoms with E-state index in [1.165, 1.54) is 41.1 Å².